The maximum atomic E-state index is 5.99. The summed E-state index contributed by atoms with van der Waals surface area (Å²) in [5.74, 6) is 1.35. The number of hydrogen-bond donors (Lipinski definition) is 1. The number of anilines is 1. The number of ether oxygens (including phenoxy) is 2. The zero-order chi connectivity index (χ0) is 13.9. The lowest BCUT2D eigenvalue weighted by Crippen LogP contribution is -2.14. The van der Waals surface area contributed by atoms with Gasteiger partial charge in [-0.3, -0.25) is 0 Å². The molecule has 0 radical (unpaired) electrons. The van der Waals surface area contributed by atoms with Gasteiger partial charge in [-0.05, 0) is 25.0 Å². The third kappa shape index (κ3) is 2.58. The molecule has 1 saturated carbocycles. The Hall–Kier alpha value is -1.75. The zero-order valence-electron chi connectivity index (χ0n) is 11.8. The average molecular weight is 275 g/mol. The zero-order valence-corrected chi connectivity index (χ0v) is 11.8. The van der Waals surface area contributed by atoms with Gasteiger partial charge in [-0.1, -0.05) is 12.8 Å². The van der Waals surface area contributed by atoms with E-state index >= 15 is 0 Å². The molecule has 0 bridgehead atoms. The second-order valence-electron chi connectivity index (χ2n) is 5.25. The second-order valence-corrected chi connectivity index (χ2v) is 5.25. The van der Waals surface area contributed by atoms with Gasteiger partial charge in [-0.2, -0.15) is 0 Å². The molecule has 1 aliphatic carbocycles. The van der Waals surface area contributed by atoms with Crippen molar-refractivity contribution in [2.24, 2.45) is 0 Å². The van der Waals surface area contributed by atoms with Crippen molar-refractivity contribution in [2.75, 3.05) is 19.5 Å². The highest BCUT2D eigenvalue weighted by Gasteiger charge is 2.15. The Kier molecular flexibility index (Phi) is 3.78. The van der Waals surface area contributed by atoms with Crippen molar-refractivity contribution in [1.29, 1.82) is 0 Å². The van der Waals surface area contributed by atoms with Gasteiger partial charge >= 0.3 is 0 Å². The van der Waals surface area contributed by atoms with Crippen LogP contribution in [0.3, 0.4) is 0 Å². The third-order valence-corrected chi connectivity index (χ3v) is 3.96. The van der Waals surface area contributed by atoms with Gasteiger partial charge in [-0.25, -0.2) is 4.98 Å². The van der Waals surface area contributed by atoms with E-state index in [-0.39, 0.29) is 0 Å². The average Bonchev–Trinajstić information content (AvgIpc) is 3.07. The first-order chi connectivity index (χ1) is 9.78. The fourth-order valence-corrected chi connectivity index (χ4v) is 2.85. The molecule has 1 aromatic carbocycles. The highest BCUT2D eigenvalue weighted by molar-refractivity contribution is 5.79. The van der Waals surface area contributed by atoms with Crippen LogP contribution >= 0.6 is 0 Å². The fraction of sp³-hybridized carbons (Fsp3) is 0.533. The van der Waals surface area contributed by atoms with E-state index < -0.39 is 0 Å². The number of nitrogens with two attached hydrogens (primary N) is 1. The summed E-state index contributed by atoms with van der Waals surface area (Å²) >= 11 is 0. The predicted molar refractivity (Wildman–Crippen MR) is 78.9 cm³/mol. The molecular weight excluding hydrogens is 254 g/mol. The first-order valence-corrected chi connectivity index (χ1v) is 7.19. The smallest absolute Gasteiger partial charge is 0.201 e. The molecule has 0 saturated heterocycles. The van der Waals surface area contributed by atoms with Gasteiger partial charge in [0, 0.05) is 12.6 Å². The number of rotatable bonds is 5. The number of benzene rings is 1. The van der Waals surface area contributed by atoms with Crippen LogP contribution in [0.25, 0.3) is 11.0 Å². The number of methoxy groups -OCH3 is 1. The molecule has 20 heavy (non-hydrogen) atoms. The normalized spacial score (nSPS) is 16.1. The summed E-state index contributed by atoms with van der Waals surface area (Å²) in [4.78, 5) is 4.37. The highest BCUT2D eigenvalue weighted by Crippen LogP contribution is 2.24. The van der Waals surface area contributed by atoms with Crippen LogP contribution < -0.4 is 10.5 Å². The molecule has 5 nitrogen and oxygen atoms in total. The van der Waals surface area contributed by atoms with Gasteiger partial charge < -0.3 is 19.8 Å². The van der Waals surface area contributed by atoms with Crippen molar-refractivity contribution in [3.8, 4) is 5.75 Å². The van der Waals surface area contributed by atoms with Crippen LogP contribution in [0, 0.1) is 0 Å². The Morgan fingerprint density at radius 2 is 2.15 bits per heavy atom. The Morgan fingerprint density at radius 3 is 2.90 bits per heavy atom. The topological polar surface area (TPSA) is 62.3 Å². The molecule has 0 spiro atoms. The second kappa shape index (κ2) is 5.71. The fourth-order valence-electron chi connectivity index (χ4n) is 2.85. The molecule has 0 amide bonds. The largest absolute Gasteiger partial charge is 0.497 e. The van der Waals surface area contributed by atoms with Crippen LogP contribution in [-0.2, 0) is 11.3 Å². The van der Waals surface area contributed by atoms with E-state index in [9.17, 15) is 0 Å². The molecule has 2 N–H and O–H groups in total. The molecule has 0 atom stereocenters. The summed E-state index contributed by atoms with van der Waals surface area (Å²) < 4.78 is 13.2. The predicted octanol–water partition coefficient (Wildman–Crippen LogP) is 2.59. The van der Waals surface area contributed by atoms with Gasteiger partial charge in [0.1, 0.15) is 5.75 Å². The third-order valence-electron chi connectivity index (χ3n) is 3.96. The molecule has 0 unspecified atom stereocenters. The van der Waals surface area contributed by atoms with Crippen molar-refractivity contribution < 1.29 is 9.47 Å². The molecular formula is C15H21N3O2. The Morgan fingerprint density at radius 1 is 1.35 bits per heavy atom. The number of imidazole rings is 1. The van der Waals surface area contributed by atoms with E-state index in [2.05, 4.69) is 4.98 Å². The minimum Gasteiger partial charge on any atom is -0.497 e. The van der Waals surface area contributed by atoms with E-state index in [1.165, 1.54) is 25.7 Å². The molecule has 0 aliphatic heterocycles. The number of hydrogen-bond acceptors (Lipinski definition) is 4. The lowest BCUT2D eigenvalue weighted by molar-refractivity contribution is 0.0537. The van der Waals surface area contributed by atoms with E-state index in [0.29, 0.717) is 18.7 Å². The quantitative estimate of drug-likeness (QED) is 0.911. The van der Waals surface area contributed by atoms with Gasteiger partial charge in [0.2, 0.25) is 5.95 Å². The van der Waals surface area contributed by atoms with Crippen molar-refractivity contribution >= 4 is 17.0 Å². The number of nitrogens with zero attached hydrogens (tertiary/aromatic N) is 2. The van der Waals surface area contributed by atoms with Crippen molar-refractivity contribution in [3.63, 3.8) is 0 Å². The Bertz CT molecular complexity index is 588. The monoisotopic (exact) mass is 275 g/mol. The van der Waals surface area contributed by atoms with E-state index in [1.54, 1.807) is 7.11 Å². The van der Waals surface area contributed by atoms with Crippen molar-refractivity contribution in [3.05, 3.63) is 18.2 Å². The van der Waals surface area contributed by atoms with Gasteiger partial charge in [0.15, 0.2) is 0 Å². The van der Waals surface area contributed by atoms with E-state index in [1.807, 2.05) is 22.8 Å². The lowest BCUT2D eigenvalue weighted by Gasteiger charge is -2.12. The van der Waals surface area contributed by atoms with Crippen LogP contribution in [-0.4, -0.2) is 29.4 Å². The standard InChI is InChI=1S/C15H21N3O2/c1-19-12-6-7-13-14(10-12)18(15(16)17-13)8-9-20-11-4-2-3-5-11/h6-7,10-11H,2-5,8-9H2,1H3,(H2,16,17). The molecule has 1 fully saturated rings. The number of fused-ring (bicyclic) bond motifs is 1. The van der Waals surface area contributed by atoms with Crippen molar-refractivity contribution in [2.45, 2.75) is 38.3 Å². The Labute approximate surface area is 118 Å². The highest BCUT2D eigenvalue weighted by atomic mass is 16.5. The summed E-state index contributed by atoms with van der Waals surface area (Å²) in [6.07, 6.45) is 5.39. The summed E-state index contributed by atoms with van der Waals surface area (Å²) in [7, 11) is 1.66. The summed E-state index contributed by atoms with van der Waals surface area (Å²) in [5, 5.41) is 0. The molecule has 108 valence electrons. The molecule has 1 aromatic heterocycles. The summed E-state index contributed by atoms with van der Waals surface area (Å²) in [6.45, 7) is 1.41. The molecule has 3 rings (SSSR count). The molecule has 2 aromatic rings. The van der Waals surface area contributed by atoms with E-state index in [0.717, 1.165) is 23.3 Å². The maximum absolute atomic E-state index is 5.99. The van der Waals surface area contributed by atoms with Gasteiger partial charge in [0.25, 0.3) is 0 Å². The van der Waals surface area contributed by atoms with Gasteiger partial charge in [0.05, 0.1) is 30.9 Å². The lowest BCUT2D eigenvalue weighted by atomic mass is 10.3. The Balaban J connectivity index is 1.73. The molecule has 5 heteroatoms. The van der Waals surface area contributed by atoms with E-state index in [4.69, 9.17) is 15.2 Å². The summed E-state index contributed by atoms with van der Waals surface area (Å²) in [6, 6.07) is 5.79. The SMILES string of the molecule is COc1ccc2nc(N)n(CCOC3CCCC3)c2c1. The van der Waals surface area contributed by atoms with Crippen molar-refractivity contribution in [1.82, 2.24) is 9.55 Å². The van der Waals surface area contributed by atoms with Crippen LogP contribution in [0.15, 0.2) is 18.2 Å². The van der Waals surface area contributed by atoms with Crippen LogP contribution in [0.4, 0.5) is 5.95 Å². The number of nitrogen functional groups attached to an aromatic ring is 1. The minimum absolute atomic E-state index is 0.431. The first kappa shape index (κ1) is 13.2. The first-order valence-electron chi connectivity index (χ1n) is 7.19. The minimum atomic E-state index is 0.431. The van der Waals surface area contributed by atoms with Crippen LogP contribution in [0.5, 0.6) is 5.75 Å². The molecule has 1 heterocycles. The molecule has 1 aliphatic rings. The number of aromatic nitrogens is 2. The van der Waals surface area contributed by atoms with Crippen LogP contribution in [0.2, 0.25) is 0 Å². The summed E-state index contributed by atoms with van der Waals surface area (Å²) in [5.41, 5.74) is 7.88. The van der Waals surface area contributed by atoms with Gasteiger partial charge in [-0.15, -0.1) is 0 Å². The van der Waals surface area contributed by atoms with Crippen LogP contribution in [0.1, 0.15) is 25.7 Å². The maximum Gasteiger partial charge on any atom is 0.201 e.